The number of pyridine rings is 1. The van der Waals surface area contributed by atoms with Gasteiger partial charge in [0.1, 0.15) is 11.3 Å². The highest BCUT2D eigenvalue weighted by Gasteiger charge is 2.32. The van der Waals surface area contributed by atoms with Gasteiger partial charge in [0.15, 0.2) is 17.3 Å². The molecule has 7 nitrogen and oxygen atoms in total. The minimum Gasteiger partial charge on any atom is -0.504 e. The van der Waals surface area contributed by atoms with Gasteiger partial charge < -0.3 is 19.6 Å². The third kappa shape index (κ3) is 3.48. The predicted molar refractivity (Wildman–Crippen MR) is 104 cm³/mol. The van der Waals surface area contributed by atoms with Gasteiger partial charge in [-0.3, -0.25) is 0 Å². The maximum atomic E-state index is 12.4. The Labute approximate surface area is 162 Å². The first-order valence-electron chi connectivity index (χ1n) is 8.66. The summed E-state index contributed by atoms with van der Waals surface area (Å²) in [4.78, 5) is 20.8. The number of carbonyl (C=O) groups excluding carboxylic acids is 1. The summed E-state index contributed by atoms with van der Waals surface area (Å²) >= 11 is 0. The Morgan fingerprint density at radius 2 is 2.37 bits per heavy atom. The second kappa shape index (κ2) is 7.94. The molecule has 0 aromatic carbocycles. The predicted octanol–water partition coefficient (Wildman–Crippen LogP) is 3.66. The van der Waals surface area contributed by atoms with Crippen molar-refractivity contribution in [2.75, 3.05) is 13.2 Å². The first-order valence-corrected chi connectivity index (χ1v) is 8.66. The Morgan fingerprint density at radius 3 is 3.11 bits per heavy atom. The molecule has 2 aromatic heterocycles. The van der Waals surface area contributed by atoms with E-state index in [0.29, 0.717) is 11.6 Å². The van der Waals surface area contributed by atoms with Crippen LogP contribution in [-0.2, 0) is 4.74 Å². The number of halogens is 1. The molecule has 0 aliphatic carbocycles. The highest BCUT2D eigenvalue weighted by Crippen LogP contribution is 2.39. The van der Waals surface area contributed by atoms with E-state index in [-0.39, 0.29) is 42.1 Å². The van der Waals surface area contributed by atoms with E-state index in [1.165, 1.54) is 0 Å². The van der Waals surface area contributed by atoms with Crippen LogP contribution in [0.3, 0.4) is 0 Å². The number of esters is 1. The molecule has 1 unspecified atom stereocenters. The second-order valence-electron chi connectivity index (χ2n) is 6.16. The molecule has 4 rings (SSSR count). The summed E-state index contributed by atoms with van der Waals surface area (Å²) in [5.74, 6) is 0.476. The summed E-state index contributed by atoms with van der Waals surface area (Å²) in [6.07, 6.45) is 6.83. The molecule has 8 heteroatoms. The molecule has 142 valence electrons. The number of aliphatic imine (C=N–C) groups is 1. The lowest BCUT2D eigenvalue weighted by molar-refractivity contribution is 0.0520. The van der Waals surface area contributed by atoms with Crippen LogP contribution in [0.2, 0.25) is 0 Å². The van der Waals surface area contributed by atoms with Gasteiger partial charge in [0.2, 0.25) is 0 Å². The fourth-order valence-corrected chi connectivity index (χ4v) is 3.29. The maximum Gasteiger partial charge on any atom is 0.345 e. The van der Waals surface area contributed by atoms with Crippen LogP contribution >= 0.6 is 12.4 Å². The standard InChI is InChI=1S/C19H19N3O4.ClH/c1-2-25-19(24)15-16(23)14(26-17(15)13-6-4-7-20-13)9-11-10-22-18-12(11)5-3-8-21-18;/h3,5,8-10,13,20,23H,2,4,6-7H2,1H3;1H. The maximum absolute atomic E-state index is 12.4. The van der Waals surface area contributed by atoms with E-state index in [9.17, 15) is 9.90 Å². The SMILES string of the molecule is CCOC(=O)c1c(C2CCCN2)oc(C=C2C=Nc3ncccc32)c1O.Cl. The molecule has 2 aromatic rings. The van der Waals surface area contributed by atoms with E-state index in [2.05, 4.69) is 15.3 Å². The van der Waals surface area contributed by atoms with Gasteiger partial charge in [0.25, 0.3) is 0 Å². The van der Waals surface area contributed by atoms with Crippen molar-refractivity contribution in [1.82, 2.24) is 10.3 Å². The smallest absolute Gasteiger partial charge is 0.345 e. The molecule has 1 saturated heterocycles. The number of rotatable bonds is 4. The number of allylic oxidation sites excluding steroid dienone is 1. The van der Waals surface area contributed by atoms with Crippen molar-refractivity contribution in [3.63, 3.8) is 0 Å². The molecule has 0 radical (unpaired) electrons. The topological polar surface area (TPSA) is 97.0 Å². The molecule has 27 heavy (non-hydrogen) atoms. The number of aromatic hydroxyl groups is 1. The van der Waals surface area contributed by atoms with E-state index in [0.717, 1.165) is 30.5 Å². The molecule has 0 saturated carbocycles. The molecular weight excluding hydrogens is 370 g/mol. The van der Waals surface area contributed by atoms with Gasteiger partial charge in [-0.05, 0) is 44.5 Å². The van der Waals surface area contributed by atoms with Gasteiger partial charge in [-0.1, -0.05) is 0 Å². The number of carbonyl (C=O) groups is 1. The van der Waals surface area contributed by atoms with Gasteiger partial charge in [-0.2, -0.15) is 0 Å². The van der Waals surface area contributed by atoms with E-state index < -0.39 is 5.97 Å². The molecule has 0 bridgehead atoms. The Bertz CT molecular complexity index is 914. The van der Waals surface area contributed by atoms with Gasteiger partial charge in [0.05, 0.1) is 12.6 Å². The Morgan fingerprint density at radius 1 is 1.52 bits per heavy atom. The number of nitrogens with one attached hydrogen (secondary N) is 1. The van der Waals surface area contributed by atoms with Crippen LogP contribution in [0, 0.1) is 0 Å². The highest BCUT2D eigenvalue weighted by atomic mass is 35.5. The number of ether oxygens (including phenoxy) is 1. The first kappa shape index (κ1) is 19.1. The molecule has 4 heterocycles. The van der Waals surface area contributed by atoms with Crippen LogP contribution in [0.1, 0.15) is 53.2 Å². The summed E-state index contributed by atoms with van der Waals surface area (Å²) in [7, 11) is 0. The zero-order valence-corrected chi connectivity index (χ0v) is 15.6. The molecule has 2 N–H and O–H groups in total. The van der Waals surface area contributed by atoms with E-state index in [4.69, 9.17) is 9.15 Å². The largest absolute Gasteiger partial charge is 0.504 e. The average Bonchev–Trinajstić information content (AvgIpc) is 3.36. The molecule has 1 fully saturated rings. The molecule has 0 amide bonds. The summed E-state index contributed by atoms with van der Waals surface area (Å²) in [5, 5.41) is 13.9. The average molecular weight is 390 g/mol. The van der Waals surface area contributed by atoms with Crippen LogP contribution in [0.4, 0.5) is 5.82 Å². The van der Waals surface area contributed by atoms with E-state index in [1.807, 2.05) is 12.1 Å². The number of aromatic nitrogens is 1. The van der Waals surface area contributed by atoms with Crippen molar-refractivity contribution in [2.45, 2.75) is 25.8 Å². The number of hydrogen-bond donors (Lipinski definition) is 2. The van der Waals surface area contributed by atoms with Crippen molar-refractivity contribution in [1.29, 1.82) is 0 Å². The third-order valence-electron chi connectivity index (χ3n) is 4.50. The normalized spacial score (nSPS) is 19.1. The van der Waals surface area contributed by atoms with Crippen LogP contribution < -0.4 is 5.32 Å². The first-order chi connectivity index (χ1) is 12.7. The zero-order chi connectivity index (χ0) is 18.1. The van der Waals surface area contributed by atoms with E-state index >= 15 is 0 Å². The van der Waals surface area contributed by atoms with Crippen molar-refractivity contribution >= 4 is 42.1 Å². The number of furan rings is 1. The second-order valence-corrected chi connectivity index (χ2v) is 6.16. The van der Waals surface area contributed by atoms with Gasteiger partial charge in [-0.15, -0.1) is 12.4 Å². The lowest BCUT2D eigenvalue weighted by Crippen LogP contribution is -2.16. The molecule has 0 spiro atoms. The fraction of sp³-hybridized carbons (Fsp3) is 0.316. The van der Waals surface area contributed by atoms with Crippen LogP contribution in [0.15, 0.2) is 27.7 Å². The van der Waals surface area contributed by atoms with Crippen LogP contribution in [0.25, 0.3) is 11.6 Å². The van der Waals surface area contributed by atoms with E-state index in [1.54, 1.807) is 25.4 Å². The summed E-state index contributed by atoms with van der Waals surface area (Å²) in [6, 6.07) is 3.60. The van der Waals surface area contributed by atoms with Crippen molar-refractivity contribution < 1.29 is 19.1 Å². The monoisotopic (exact) mass is 389 g/mol. The van der Waals surface area contributed by atoms with Gasteiger partial charge in [-0.25, -0.2) is 14.8 Å². The molecule has 2 aliphatic rings. The van der Waals surface area contributed by atoms with Crippen molar-refractivity contribution in [3.05, 3.63) is 41.0 Å². The van der Waals surface area contributed by atoms with Crippen molar-refractivity contribution in [3.8, 4) is 5.75 Å². The number of nitrogens with zero attached hydrogens (tertiary/aromatic N) is 2. The Kier molecular flexibility index (Phi) is 5.62. The van der Waals surface area contributed by atoms with Crippen LogP contribution in [-0.4, -0.2) is 35.4 Å². The molecule has 2 aliphatic heterocycles. The summed E-state index contributed by atoms with van der Waals surface area (Å²) in [5.41, 5.74) is 1.71. The summed E-state index contributed by atoms with van der Waals surface area (Å²) in [6.45, 7) is 2.80. The summed E-state index contributed by atoms with van der Waals surface area (Å²) < 4.78 is 11.0. The minimum absolute atomic E-state index is 0. The fourth-order valence-electron chi connectivity index (χ4n) is 3.29. The molecular formula is C19H20ClN3O4. The van der Waals surface area contributed by atoms with Crippen LogP contribution in [0.5, 0.6) is 5.75 Å². The lowest BCUT2D eigenvalue weighted by atomic mass is 10.1. The lowest BCUT2D eigenvalue weighted by Gasteiger charge is -2.09. The minimum atomic E-state index is -0.579. The number of fused-ring (bicyclic) bond motifs is 1. The van der Waals surface area contributed by atoms with Crippen molar-refractivity contribution in [2.24, 2.45) is 4.99 Å². The Hall–Kier alpha value is -2.64. The number of hydrogen-bond acceptors (Lipinski definition) is 7. The molecule has 1 atom stereocenters. The Balaban J connectivity index is 0.00000210. The quantitative estimate of drug-likeness (QED) is 0.774. The highest BCUT2D eigenvalue weighted by molar-refractivity contribution is 6.21. The zero-order valence-electron chi connectivity index (χ0n) is 14.8. The van der Waals surface area contributed by atoms with Gasteiger partial charge in [0, 0.05) is 23.5 Å². The van der Waals surface area contributed by atoms with Gasteiger partial charge >= 0.3 is 5.97 Å². The third-order valence-corrected chi connectivity index (χ3v) is 4.50.